The molecule has 0 saturated carbocycles. The van der Waals surface area contributed by atoms with Crippen LogP contribution in [0.15, 0.2) is 24.8 Å². The predicted molar refractivity (Wildman–Crippen MR) is 86.2 cm³/mol. The summed E-state index contributed by atoms with van der Waals surface area (Å²) in [6.45, 7) is 10.9. The molecule has 4 nitrogen and oxygen atoms in total. The summed E-state index contributed by atoms with van der Waals surface area (Å²) < 4.78 is 5.01. The van der Waals surface area contributed by atoms with Crippen LogP contribution in [0.3, 0.4) is 0 Å². The van der Waals surface area contributed by atoms with Crippen LogP contribution in [-0.4, -0.2) is 23.7 Å². The average molecular weight is 298 g/mol. The minimum atomic E-state index is -0.981. The number of carbonyl (C=O) groups excluding carboxylic acids is 1. The molecule has 0 rings (SSSR count). The lowest BCUT2D eigenvalue weighted by Crippen LogP contribution is -2.05. The van der Waals surface area contributed by atoms with Gasteiger partial charge in [-0.2, -0.15) is 0 Å². The fourth-order valence-corrected chi connectivity index (χ4v) is 1.52. The highest BCUT2D eigenvalue weighted by Crippen LogP contribution is 2.08. The molecule has 0 unspecified atom stereocenters. The van der Waals surface area contributed by atoms with E-state index in [0.717, 1.165) is 18.9 Å². The first-order valence-corrected chi connectivity index (χ1v) is 7.63. The van der Waals surface area contributed by atoms with Crippen molar-refractivity contribution in [1.82, 2.24) is 0 Å². The first kappa shape index (κ1) is 21.7. The van der Waals surface area contributed by atoms with E-state index in [-0.39, 0.29) is 5.97 Å². The summed E-state index contributed by atoms with van der Waals surface area (Å²) in [5.41, 5.74) is 0.486. The highest BCUT2D eigenvalue weighted by atomic mass is 16.5. The fraction of sp³-hybridized carbons (Fsp3) is 0.647. The van der Waals surface area contributed by atoms with Crippen LogP contribution in [0.4, 0.5) is 0 Å². The van der Waals surface area contributed by atoms with Crippen molar-refractivity contribution in [3.63, 3.8) is 0 Å². The van der Waals surface area contributed by atoms with Crippen molar-refractivity contribution >= 4 is 11.9 Å². The molecule has 0 heterocycles. The third kappa shape index (κ3) is 20.9. The van der Waals surface area contributed by atoms with Gasteiger partial charge in [-0.1, -0.05) is 65.0 Å². The Balaban J connectivity index is 0. The van der Waals surface area contributed by atoms with Gasteiger partial charge in [-0.3, -0.25) is 0 Å². The van der Waals surface area contributed by atoms with E-state index in [0.29, 0.717) is 12.2 Å². The number of unbranched alkanes of at least 4 members (excludes halogenated alkanes) is 7. The Hall–Kier alpha value is -1.58. The number of esters is 1. The van der Waals surface area contributed by atoms with Crippen LogP contribution in [0.5, 0.6) is 0 Å². The number of carboxylic acids is 1. The molecule has 0 spiro atoms. The van der Waals surface area contributed by atoms with Crippen molar-refractivity contribution in [3.8, 4) is 0 Å². The van der Waals surface area contributed by atoms with Crippen LogP contribution < -0.4 is 0 Å². The van der Waals surface area contributed by atoms with Crippen LogP contribution in [0, 0.1) is 0 Å². The molecule has 21 heavy (non-hydrogen) atoms. The van der Waals surface area contributed by atoms with Crippen LogP contribution in [-0.2, 0) is 14.3 Å². The molecular weight excluding hydrogens is 268 g/mol. The van der Waals surface area contributed by atoms with Gasteiger partial charge in [-0.25, -0.2) is 9.59 Å². The molecule has 0 amide bonds. The summed E-state index contributed by atoms with van der Waals surface area (Å²) >= 11 is 0. The van der Waals surface area contributed by atoms with Crippen molar-refractivity contribution in [1.29, 1.82) is 0 Å². The second kappa shape index (κ2) is 16.5. The number of hydrogen-bond acceptors (Lipinski definition) is 3. The van der Waals surface area contributed by atoms with Gasteiger partial charge in [0.05, 0.1) is 6.61 Å². The van der Waals surface area contributed by atoms with Crippen molar-refractivity contribution in [2.75, 3.05) is 6.61 Å². The zero-order valence-corrected chi connectivity index (χ0v) is 13.5. The molecule has 0 atom stereocenters. The van der Waals surface area contributed by atoms with Gasteiger partial charge in [-0.15, -0.1) is 0 Å². The van der Waals surface area contributed by atoms with Crippen molar-refractivity contribution < 1.29 is 19.4 Å². The third-order valence-electron chi connectivity index (χ3n) is 2.75. The summed E-state index contributed by atoms with van der Waals surface area (Å²) in [7, 11) is 0. The second-order valence-electron chi connectivity index (χ2n) is 4.93. The van der Waals surface area contributed by atoms with E-state index in [9.17, 15) is 9.59 Å². The van der Waals surface area contributed by atoms with E-state index in [4.69, 9.17) is 9.84 Å². The van der Waals surface area contributed by atoms with Gasteiger partial charge in [-0.05, 0) is 13.3 Å². The number of carbonyl (C=O) groups is 2. The van der Waals surface area contributed by atoms with Crippen molar-refractivity contribution in [3.05, 3.63) is 24.8 Å². The van der Waals surface area contributed by atoms with Gasteiger partial charge in [0.15, 0.2) is 0 Å². The summed E-state index contributed by atoms with van der Waals surface area (Å²) in [4.78, 5) is 20.3. The first-order chi connectivity index (χ1) is 9.95. The minimum Gasteiger partial charge on any atom is -0.478 e. The maximum absolute atomic E-state index is 11.0. The Kier molecular flexibility index (Phi) is 17.0. The minimum absolute atomic E-state index is 0.261. The average Bonchev–Trinajstić information content (AvgIpc) is 2.45. The summed E-state index contributed by atoms with van der Waals surface area (Å²) in [5.74, 6) is -1.24. The summed E-state index contributed by atoms with van der Waals surface area (Å²) in [6, 6.07) is 0. The zero-order valence-electron chi connectivity index (χ0n) is 13.5. The normalized spacial score (nSPS) is 9.24. The highest BCUT2D eigenvalue weighted by Gasteiger charge is 2.01. The van der Waals surface area contributed by atoms with Crippen LogP contribution in [0.2, 0.25) is 0 Å². The number of ether oxygens (including phenoxy) is 1. The maximum atomic E-state index is 11.0. The van der Waals surface area contributed by atoms with Crippen LogP contribution in [0.1, 0.15) is 65.2 Å². The number of rotatable bonds is 11. The Bertz CT molecular complexity index is 308. The van der Waals surface area contributed by atoms with Crippen LogP contribution >= 0.6 is 0 Å². The lowest BCUT2D eigenvalue weighted by atomic mass is 10.1. The number of carboxylic acid groups (broad SMARTS) is 1. The molecule has 0 aliphatic rings. The zero-order chi connectivity index (χ0) is 16.5. The maximum Gasteiger partial charge on any atom is 0.333 e. The molecule has 0 bridgehead atoms. The smallest absolute Gasteiger partial charge is 0.333 e. The monoisotopic (exact) mass is 298 g/mol. The molecule has 0 radical (unpaired) electrons. The second-order valence-corrected chi connectivity index (χ2v) is 4.93. The van der Waals surface area contributed by atoms with Gasteiger partial charge in [0.25, 0.3) is 0 Å². The molecule has 4 heteroatoms. The van der Waals surface area contributed by atoms with Gasteiger partial charge in [0.2, 0.25) is 0 Å². The van der Waals surface area contributed by atoms with Crippen LogP contribution in [0.25, 0.3) is 0 Å². The predicted octanol–water partition coefficient (Wildman–Crippen LogP) is 4.50. The van der Waals surface area contributed by atoms with E-state index in [1.165, 1.54) is 38.5 Å². The fourth-order valence-electron chi connectivity index (χ4n) is 1.52. The topological polar surface area (TPSA) is 63.6 Å². The SMILES string of the molecule is C=C(C)C(=O)OCCCCCCCCCC.C=CC(=O)O. The third-order valence-corrected chi connectivity index (χ3v) is 2.75. The number of aliphatic carboxylic acids is 1. The Morgan fingerprint density at radius 3 is 1.86 bits per heavy atom. The van der Waals surface area contributed by atoms with Crippen molar-refractivity contribution in [2.45, 2.75) is 65.2 Å². The molecular formula is C17H30O4. The Morgan fingerprint density at radius 1 is 1.05 bits per heavy atom. The Morgan fingerprint density at radius 2 is 1.48 bits per heavy atom. The van der Waals surface area contributed by atoms with Crippen molar-refractivity contribution in [2.24, 2.45) is 0 Å². The first-order valence-electron chi connectivity index (χ1n) is 7.63. The molecule has 0 aromatic carbocycles. The molecule has 122 valence electrons. The summed E-state index contributed by atoms with van der Waals surface area (Å²) in [6.07, 6.45) is 10.9. The largest absolute Gasteiger partial charge is 0.478 e. The Labute approximate surface area is 128 Å². The van der Waals surface area contributed by atoms with E-state index in [1.54, 1.807) is 6.92 Å². The lowest BCUT2D eigenvalue weighted by molar-refractivity contribution is -0.139. The van der Waals surface area contributed by atoms with Gasteiger partial charge >= 0.3 is 11.9 Å². The molecule has 0 aliphatic heterocycles. The highest BCUT2D eigenvalue weighted by molar-refractivity contribution is 5.86. The standard InChI is InChI=1S/C14H26O2.C3H4O2/c1-4-5-6-7-8-9-10-11-12-16-14(15)13(2)3;1-2-3(4)5/h2,4-12H2,1,3H3;2H,1H2,(H,4,5). The van der Waals surface area contributed by atoms with E-state index in [2.05, 4.69) is 20.1 Å². The lowest BCUT2D eigenvalue weighted by Gasteiger charge is -2.04. The molecule has 0 aromatic rings. The molecule has 0 saturated heterocycles. The number of hydrogen-bond donors (Lipinski definition) is 1. The van der Waals surface area contributed by atoms with E-state index < -0.39 is 5.97 Å². The molecule has 0 aliphatic carbocycles. The molecule has 0 aromatic heterocycles. The van der Waals surface area contributed by atoms with Gasteiger partial charge in [0.1, 0.15) is 0 Å². The quantitative estimate of drug-likeness (QED) is 0.346. The van der Waals surface area contributed by atoms with E-state index in [1.807, 2.05) is 0 Å². The van der Waals surface area contributed by atoms with Gasteiger partial charge in [0, 0.05) is 11.6 Å². The summed E-state index contributed by atoms with van der Waals surface area (Å²) in [5, 5.41) is 7.60. The van der Waals surface area contributed by atoms with E-state index >= 15 is 0 Å². The molecule has 0 fully saturated rings. The molecule has 1 N–H and O–H groups in total. The van der Waals surface area contributed by atoms with Gasteiger partial charge < -0.3 is 9.84 Å².